The smallest absolute Gasteiger partial charge is 0.258 e. The Bertz CT molecular complexity index is 932. The molecule has 0 aromatic heterocycles. The van der Waals surface area contributed by atoms with Crippen molar-refractivity contribution in [1.29, 1.82) is 0 Å². The Balaban J connectivity index is 2.31. The summed E-state index contributed by atoms with van der Waals surface area (Å²) in [4.78, 5) is 24.6. The molecule has 0 saturated carbocycles. The van der Waals surface area contributed by atoms with Gasteiger partial charge in [-0.3, -0.25) is 9.59 Å². The molecule has 2 aromatic rings. The lowest BCUT2D eigenvalue weighted by Crippen LogP contribution is -2.32. The van der Waals surface area contributed by atoms with Gasteiger partial charge in [0.1, 0.15) is 0 Å². The lowest BCUT2D eigenvalue weighted by molar-refractivity contribution is -0.126. The highest BCUT2D eigenvalue weighted by Gasteiger charge is 2.25. The normalized spacial score (nSPS) is 11.9. The predicted octanol–water partition coefficient (Wildman–Crippen LogP) is 5.00. The second kappa shape index (κ2) is 9.52. The zero-order chi connectivity index (χ0) is 20.8. The number of carbonyl (C=O) groups excluding carboxylic acids is 2. The average molecular weight is 424 g/mol. The summed E-state index contributed by atoms with van der Waals surface area (Å²) in [6.07, 6.45) is 0. The second-order valence-electron chi connectivity index (χ2n) is 5.76. The molecule has 0 saturated heterocycles. The van der Waals surface area contributed by atoms with E-state index in [2.05, 4.69) is 15.5 Å². The fourth-order valence-electron chi connectivity index (χ4n) is 2.37. The van der Waals surface area contributed by atoms with Gasteiger partial charge in [-0.15, -0.1) is 0 Å². The molecule has 0 bridgehead atoms. The minimum absolute atomic E-state index is 0.230. The summed E-state index contributed by atoms with van der Waals surface area (Å²) < 4.78 is 10.5. The highest BCUT2D eigenvalue weighted by molar-refractivity contribution is 6.32. The van der Waals surface area contributed by atoms with Crippen LogP contribution in [0.2, 0.25) is 10.0 Å². The number of hydrogen-bond donors (Lipinski definition) is 1. The lowest BCUT2D eigenvalue weighted by atomic mass is 10.2. The molecule has 148 valence electrons. The number of nitrogens with one attached hydrogen (secondary N) is 1. The Hall–Kier alpha value is -2.64. The topological polar surface area (TPSA) is 89.4 Å². The van der Waals surface area contributed by atoms with Crippen molar-refractivity contribution >= 4 is 46.3 Å². The number of anilines is 1. The van der Waals surface area contributed by atoms with Crippen LogP contribution < -0.4 is 14.8 Å². The van der Waals surface area contributed by atoms with Gasteiger partial charge in [0.15, 0.2) is 17.3 Å². The quantitative estimate of drug-likeness (QED) is 0.501. The lowest BCUT2D eigenvalue weighted by Gasteiger charge is -2.16. The van der Waals surface area contributed by atoms with Gasteiger partial charge in [0.25, 0.3) is 5.91 Å². The van der Waals surface area contributed by atoms with E-state index in [4.69, 9.17) is 32.7 Å². The van der Waals surface area contributed by atoms with E-state index in [0.717, 1.165) is 0 Å². The SMILES string of the molecule is COc1c(Cl)ccc(NC(=O)C(N=Nc2cccc(Cl)c2C)C(C)=O)c1OC. The Kier molecular flexibility index (Phi) is 7.37. The number of ether oxygens (including phenoxy) is 2. The summed E-state index contributed by atoms with van der Waals surface area (Å²) in [5, 5.41) is 11.4. The first-order valence-corrected chi connectivity index (χ1v) is 8.93. The number of nitrogens with zero attached hydrogens (tertiary/aromatic N) is 2. The van der Waals surface area contributed by atoms with Gasteiger partial charge in [0.2, 0.25) is 6.04 Å². The Morgan fingerprint density at radius 2 is 1.71 bits per heavy atom. The number of halogens is 2. The molecule has 1 amide bonds. The Morgan fingerprint density at radius 1 is 1.04 bits per heavy atom. The van der Waals surface area contributed by atoms with Crippen molar-refractivity contribution in [2.75, 3.05) is 19.5 Å². The van der Waals surface area contributed by atoms with E-state index in [0.29, 0.717) is 21.3 Å². The number of methoxy groups -OCH3 is 2. The number of Topliss-reactive ketones (excluding diaryl/α,β-unsaturated/α-hetero) is 1. The molecular weight excluding hydrogens is 405 g/mol. The fourth-order valence-corrected chi connectivity index (χ4v) is 2.77. The van der Waals surface area contributed by atoms with Gasteiger partial charge in [-0.05, 0) is 43.7 Å². The zero-order valence-corrected chi connectivity index (χ0v) is 17.3. The number of amides is 1. The van der Waals surface area contributed by atoms with Crippen molar-refractivity contribution in [3.8, 4) is 11.5 Å². The van der Waals surface area contributed by atoms with Crippen LogP contribution in [-0.2, 0) is 9.59 Å². The molecule has 0 spiro atoms. The van der Waals surface area contributed by atoms with Crippen LogP contribution in [0, 0.1) is 6.92 Å². The maximum Gasteiger partial charge on any atom is 0.258 e. The van der Waals surface area contributed by atoms with Gasteiger partial charge in [-0.1, -0.05) is 29.3 Å². The van der Waals surface area contributed by atoms with Crippen molar-refractivity contribution in [2.45, 2.75) is 19.9 Å². The summed E-state index contributed by atoms with van der Waals surface area (Å²) in [7, 11) is 2.84. The highest BCUT2D eigenvalue weighted by Crippen LogP contribution is 2.40. The summed E-state index contributed by atoms with van der Waals surface area (Å²) in [5.74, 6) is -0.648. The van der Waals surface area contributed by atoms with Crippen molar-refractivity contribution in [3.63, 3.8) is 0 Å². The summed E-state index contributed by atoms with van der Waals surface area (Å²) in [6.45, 7) is 3.03. The molecule has 7 nitrogen and oxygen atoms in total. The van der Waals surface area contributed by atoms with Crippen LogP contribution in [0.1, 0.15) is 12.5 Å². The summed E-state index contributed by atoms with van der Waals surface area (Å²) >= 11 is 12.1. The largest absolute Gasteiger partial charge is 0.491 e. The standard InChI is InChI=1S/C19H19Cl2N3O4/c1-10-12(20)6-5-7-14(10)23-24-16(11(2)25)19(26)22-15-9-8-13(21)17(27-3)18(15)28-4/h5-9,16H,1-4H3,(H,22,26). The van der Waals surface area contributed by atoms with Crippen molar-refractivity contribution < 1.29 is 19.1 Å². The molecule has 1 unspecified atom stereocenters. The third kappa shape index (κ3) is 4.79. The Morgan fingerprint density at radius 3 is 2.32 bits per heavy atom. The maximum absolute atomic E-state index is 12.6. The molecular formula is C19H19Cl2N3O4. The molecule has 0 radical (unpaired) electrons. The summed E-state index contributed by atoms with van der Waals surface area (Å²) in [5.41, 5.74) is 1.45. The van der Waals surface area contributed by atoms with Gasteiger partial charge >= 0.3 is 0 Å². The highest BCUT2D eigenvalue weighted by atomic mass is 35.5. The Labute approximate surface area is 172 Å². The average Bonchev–Trinajstić information content (AvgIpc) is 2.65. The number of ketones is 1. The molecule has 9 heteroatoms. The van der Waals surface area contributed by atoms with Gasteiger partial charge < -0.3 is 14.8 Å². The van der Waals surface area contributed by atoms with Gasteiger partial charge in [-0.25, -0.2) is 0 Å². The van der Waals surface area contributed by atoms with Crippen LogP contribution in [0.4, 0.5) is 11.4 Å². The van der Waals surface area contributed by atoms with Crippen LogP contribution in [0.15, 0.2) is 40.6 Å². The monoisotopic (exact) mass is 423 g/mol. The van der Waals surface area contributed by atoms with E-state index in [-0.39, 0.29) is 17.2 Å². The number of azo groups is 1. The molecule has 2 rings (SSSR count). The van der Waals surface area contributed by atoms with Crippen LogP contribution in [-0.4, -0.2) is 32.0 Å². The van der Waals surface area contributed by atoms with E-state index in [9.17, 15) is 9.59 Å². The molecule has 0 aliphatic carbocycles. The molecule has 0 heterocycles. The first-order valence-electron chi connectivity index (χ1n) is 8.17. The van der Waals surface area contributed by atoms with Crippen LogP contribution in [0.5, 0.6) is 11.5 Å². The zero-order valence-electron chi connectivity index (χ0n) is 15.7. The minimum atomic E-state index is -1.34. The number of carbonyl (C=O) groups is 2. The maximum atomic E-state index is 12.6. The minimum Gasteiger partial charge on any atom is -0.491 e. The van der Waals surface area contributed by atoms with Crippen LogP contribution in [0.3, 0.4) is 0 Å². The summed E-state index contributed by atoms with van der Waals surface area (Å²) in [6, 6.07) is 6.84. The first kappa shape index (κ1) is 21.7. The molecule has 0 fully saturated rings. The van der Waals surface area contributed by atoms with Crippen LogP contribution >= 0.6 is 23.2 Å². The van der Waals surface area contributed by atoms with Gasteiger partial charge in [-0.2, -0.15) is 10.2 Å². The molecule has 1 N–H and O–H groups in total. The molecule has 2 aromatic carbocycles. The van der Waals surface area contributed by atoms with Crippen LogP contribution in [0.25, 0.3) is 0 Å². The number of hydrogen-bond acceptors (Lipinski definition) is 6. The first-order chi connectivity index (χ1) is 13.3. The van der Waals surface area contributed by atoms with E-state index in [1.54, 1.807) is 25.1 Å². The van der Waals surface area contributed by atoms with E-state index in [1.165, 1.54) is 33.3 Å². The molecule has 0 aliphatic rings. The molecule has 28 heavy (non-hydrogen) atoms. The van der Waals surface area contributed by atoms with E-state index >= 15 is 0 Å². The van der Waals surface area contributed by atoms with E-state index in [1.807, 2.05) is 0 Å². The molecule has 1 atom stereocenters. The molecule has 0 aliphatic heterocycles. The third-order valence-corrected chi connectivity index (χ3v) is 4.59. The van der Waals surface area contributed by atoms with Gasteiger partial charge in [0.05, 0.1) is 30.6 Å². The van der Waals surface area contributed by atoms with Gasteiger partial charge in [0, 0.05) is 5.02 Å². The third-order valence-electron chi connectivity index (χ3n) is 3.88. The number of benzene rings is 2. The van der Waals surface area contributed by atoms with Crippen molar-refractivity contribution in [1.82, 2.24) is 0 Å². The fraction of sp³-hybridized carbons (Fsp3) is 0.263. The predicted molar refractivity (Wildman–Crippen MR) is 108 cm³/mol. The van der Waals surface area contributed by atoms with Crippen molar-refractivity contribution in [2.24, 2.45) is 10.2 Å². The van der Waals surface area contributed by atoms with E-state index < -0.39 is 17.7 Å². The van der Waals surface area contributed by atoms with Crippen molar-refractivity contribution in [3.05, 3.63) is 45.9 Å². The second-order valence-corrected chi connectivity index (χ2v) is 6.58. The number of rotatable bonds is 7.